The quantitative estimate of drug-likeness (QED) is 0.840. The molecular formula is C19H23FN2O3S. The minimum absolute atomic E-state index is 0.0660. The zero-order valence-electron chi connectivity index (χ0n) is 15.1. The molecule has 0 aliphatic carbocycles. The van der Waals surface area contributed by atoms with E-state index in [-0.39, 0.29) is 17.5 Å². The molecule has 0 saturated heterocycles. The molecule has 0 fully saturated rings. The molecule has 3 rings (SSSR count). The van der Waals surface area contributed by atoms with Gasteiger partial charge in [0.25, 0.3) is 0 Å². The van der Waals surface area contributed by atoms with Crippen molar-refractivity contribution in [2.45, 2.75) is 24.3 Å². The van der Waals surface area contributed by atoms with E-state index in [1.54, 1.807) is 6.92 Å². The normalized spacial score (nSPS) is 15.0. The summed E-state index contributed by atoms with van der Waals surface area (Å²) in [5.41, 5.74) is 2.47. The largest absolute Gasteiger partial charge is 0.493 e. The molecule has 0 bridgehead atoms. The molecule has 140 valence electrons. The molecule has 1 heterocycles. The number of nitrogens with zero attached hydrogens (tertiary/aromatic N) is 1. The van der Waals surface area contributed by atoms with Crippen LogP contribution in [0.3, 0.4) is 0 Å². The fraction of sp³-hybridized carbons (Fsp3) is 0.368. The van der Waals surface area contributed by atoms with Crippen molar-refractivity contribution >= 4 is 10.0 Å². The van der Waals surface area contributed by atoms with Gasteiger partial charge in [0.2, 0.25) is 10.0 Å². The minimum Gasteiger partial charge on any atom is -0.493 e. The third kappa shape index (κ3) is 3.90. The summed E-state index contributed by atoms with van der Waals surface area (Å²) >= 11 is 0. The molecule has 1 N–H and O–H groups in total. The van der Waals surface area contributed by atoms with Gasteiger partial charge in [-0.05, 0) is 62.0 Å². The average molecular weight is 378 g/mol. The van der Waals surface area contributed by atoms with Gasteiger partial charge < -0.3 is 9.64 Å². The number of ether oxygens (including phenoxy) is 1. The lowest BCUT2D eigenvalue weighted by molar-refractivity contribution is 0.299. The first-order valence-electron chi connectivity index (χ1n) is 8.46. The molecule has 0 saturated carbocycles. The highest BCUT2D eigenvalue weighted by Crippen LogP contribution is 2.29. The number of aryl methyl sites for hydroxylation is 1. The number of halogens is 1. The smallest absolute Gasteiger partial charge is 0.240 e. The Bertz CT molecular complexity index is 913. The standard InChI is InChI=1S/C19H23FN2O3S/c1-13-10-16(5-6-17(13)20)26(23,24)21-12-18(22(2)3)14-4-7-19-15(11-14)8-9-25-19/h4-7,10-11,18,21H,8-9,12H2,1-3H3. The Hall–Kier alpha value is -1.96. The molecule has 1 atom stereocenters. The van der Waals surface area contributed by atoms with Gasteiger partial charge in [-0.1, -0.05) is 12.1 Å². The number of fused-ring (bicyclic) bond motifs is 1. The molecule has 7 heteroatoms. The molecule has 26 heavy (non-hydrogen) atoms. The van der Waals surface area contributed by atoms with Crippen LogP contribution < -0.4 is 9.46 Å². The summed E-state index contributed by atoms with van der Waals surface area (Å²) in [5, 5.41) is 0. The SMILES string of the molecule is Cc1cc(S(=O)(=O)NCC(c2ccc3c(c2)CCO3)N(C)C)ccc1F. The monoisotopic (exact) mass is 378 g/mol. The van der Waals surface area contributed by atoms with Crippen molar-refractivity contribution in [1.29, 1.82) is 0 Å². The van der Waals surface area contributed by atoms with Crippen LogP contribution in [0.1, 0.15) is 22.7 Å². The van der Waals surface area contributed by atoms with E-state index in [4.69, 9.17) is 4.74 Å². The number of likely N-dealkylation sites (N-methyl/N-ethyl adjacent to an activating group) is 1. The number of benzene rings is 2. The van der Waals surface area contributed by atoms with Gasteiger partial charge in [0.1, 0.15) is 11.6 Å². The van der Waals surface area contributed by atoms with Crippen LogP contribution in [-0.2, 0) is 16.4 Å². The van der Waals surface area contributed by atoms with Gasteiger partial charge in [-0.2, -0.15) is 0 Å². The van der Waals surface area contributed by atoms with Gasteiger partial charge in [0.15, 0.2) is 0 Å². The predicted octanol–water partition coefficient (Wildman–Crippen LogP) is 2.65. The molecular weight excluding hydrogens is 355 g/mol. The molecule has 1 aliphatic rings. The highest BCUT2D eigenvalue weighted by molar-refractivity contribution is 7.89. The fourth-order valence-corrected chi connectivity index (χ4v) is 4.19. The van der Waals surface area contributed by atoms with E-state index in [9.17, 15) is 12.8 Å². The number of sulfonamides is 1. The number of hydrogen-bond acceptors (Lipinski definition) is 4. The lowest BCUT2D eigenvalue weighted by Crippen LogP contribution is -2.34. The van der Waals surface area contributed by atoms with Crippen molar-refractivity contribution in [3.63, 3.8) is 0 Å². The van der Waals surface area contributed by atoms with Crippen molar-refractivity contribution in [3.05, 3.63) is 58.9 Å². The van der Waals surface area contributed by atoms with Crippen LogP contribution in [0, 0.1) is 12.7 Å². The highest BCUT2D eigenvalue weighted by atomic mass is 32.2. The molecule has 0 amide bonds. The maximum atomic E-state index is 13.4. The Morgan fingerprint density at radius 3 is 2.69 bits per heavy atom. The highest BCUT2D eigenvalue weighted by Gasteiger charge is 2.22. The maximum Gasteiger partial charge on any atom is 0.240 e. The molecule has 1 unspecified atom stereocenters. The zero-order chi connectivity index (χ0) is 18.9. The van der Waals surface area contributed by atoms with Gasteiger partial charge in [-0.3, -0.25) is 0 Å². The lowest BCUT2D eigenvalue weighted by atomic mass is 10.0. The summed E-state index contributed by atoms with van der Waals surface area (Å²) < 4.78 is 46.7. The van der Waals surface area contributed by atoms with Gasteiger partial charge in [-0.25, -0.2) is 17.5 Å². The first-order chi connectivity index (χ1) is 12.3. The topological polar surface area (TPSA) is 58.6 Å². The van der Waals surface area contributed by atoms with Crippen LogP contribution in [0.15, 0.2) is 41.3 Å². The number of nitrogens with one attached hydrogen (secondary N) is 1. The summed E-state index contributed by atoms with van der Waals surface area (Å²) in [4.78, 5) is 2.03. The zero-order valence-corrected chi connectivity index (χ0v) is 15.9. The van der Waals surface area contributed by atoms with Crippen molar-refractivity contribution in [1.82, 2.24) is 9.62 Å². The van der Waals surface area contributed by atoms with E-state index in [1.165, 1.54) is 18.2 Å². The lowest BCUT2D eigenvalue weighted by Gasteiger charge is -2.25. The van der Waals surface area contributed by atoms with Crippen LogP contribution in [0.2, 0.25) is 0 Å². The summed E-state index contributed by atoms with van der Waals surface area (Å²) in [6.07, 6.45) is 0.865. The van der Waals surface area contributed by atoms with E-state index in [1.807, 2.05) is 31.1 Å². The Morgan fingerprint density at radius 2 is 2.00 bits per heavy atom. The van der Waals surface area contributed by atoms with Gasteiger partial charge in [0, 0.05) is 19.0 Å². The van der Waals surface area contributed by atoms with Gasteiger partial charge >= 0.3 is 0 Å². The Labute approximate surface area is 153 Å². The van der Waals surface area contributed by atoms with Crippen molar-refractivity contribution in [2.24, 2.45) is 0 Å². The summed E-state index contributed by atoms with van der Waals surface area (Å²) in [5.74, 6) is 0.476. The van der Waals surface area contributed by atoms with Crippen molar-refractivity contribution < 1.29 is 17.5 Å². The van der Waals surface area contributed by atoms with Gasteiger partial charge in [-0.15, -0.1) is 0 Å². The first-order valence-corrected chi connectivity index (χ1v) is 9.94. The molecule has 0 radical (unpaired) electrons. The van der Waals surface area contributed by atoms with Crippen molar-refractivity contribution in [3.8, 4) is 5.75 Å². The summed E-state index contributed by atoms with van der Waals surface area (Å²) in [6, 6.07) is 9.64. The van der Waals surface area contributed by atoms with E-state index in [0.717, 1.165) is 23.3 Å². The second-order valence-corrected chi connectivity index (χ2v) is 8.47. The third-order valence-corrected chi connectivity index (χ3v) is 6.05. The Kier molecular flexibility index (Phi) is 5.32. The van der Waals surface area contributed by atoms with Crippen LogP contribution in [0.25, 0.3) is 0 Å². The van der Waals surface area contributed by atoms with Crippen LogP contribution in [-0.4, -0.2) is 40.6 Å². The molecule has 2 aromatic rings. The second kappa shape index (κ2) is 7.34. The van der Waals surface area contributed by atoms with Crippen LogP contribution in [0.5, 0.6) is 5.75 Å². The van der Waals surface area contributed by atoms with E-state index in [0.29, 0.717) is 12.2 Å². The van der Waals surface area contributed by atoms with Crippen LogP contribution in [0.4, 0.5) is 4.39 Å². The van der Waals surface area contributed by atoms with E-state index in [2.05, 4.69) is 10.8 Å². The maximum absolute atomic E-state index is 13.4. The average Bonchev–Trinajstić information content (AvgIpc) is 3.04. The number of hydrogen-bond donors (Lipinski definition) is 1. The minimum atomic E-state index is -3.72. The summed E-state index contributed by atoms with van der Waals surface area (Å²) in [7, 11) is 0.0993. The second-order valence-electron chi connectivity index (χ2n) is 6.71. The molecule has 0 aromatic heterocycles. The fourth-order valence-electron chi connectivity index (χ4n) is 3.07. The van der Waals surface area contributed by atoms with Crippen LogP contribution >= 0.6 is 0 Å². The summed E-state index contributed by atoms with van der Waals surface area (Å²) in [6.45, 7) is 2.44. The van der Waals surface area contributed by atoms with E-state index >= 15 is 0 Å². The molecule has 2 aromatic carbocycles. The Morgan fingerprint density at radius 1 is 1.23 bits per heavy atom. The Balaban J connectivity index is 1.79. The third-order valence-electron chi connectivity index (χ3n) is 4.63. The first kappa shape index (κ1) is 18.8. The van der Waals surface area contributed by atoms with Gasteiger partial charge in [0.05, 0.1) is 11.5 Å². The van der Waals surface area contributed by atoms with Crippen molar-refractivity contribution in [2.75, 3.05) is 27.2 Å². The molecule has 5 nitrogen and oxygen atoms in total. The van der Waals surface area contributed by atoms with E-state index < -0.39 is 15.8 Å². The molecule has 0 spiro atoms. The molecule has 1 aliphatic heterocycles. The number of rotatable bonds is 6. The predicted molar refractivity (Wildman–Crippen MR) is 98.4 cm³/mol.